The number of ketones is 1. The summed E-state index contributed by atoms with van der Waals surface area (Å²) in [5.41, 5.74) is -0.324. The molecule has 1 aliphatic heterocycles. The van der Waals surface area contributed by atoms with Gasteiger partial charge in [0, 0.05) is 29.8 Å². The number of halogens is 4. The lowest BCUT2D eigenvalue weighted by molar-refractivity contribution is -0.137. The number of hydrogen-bond acceptors (Lipinski definition) is 4. The largest absolute Gasteiger partial charge is 0.417 e. The number of alkyl halides is 3. The van der Waals surface area contributed by atoms with Gasteiger partial charge < -0.3 is 14.7 Å². The van der Waals surface area contributed by atoms with Crippen LogP contribution in [0.5, 0.6) is 0 Å². The van der Waals surface area contributed by atoms with E-state index in [-0.39, 0.29) is 22.8 Å². The number of aromatic amines is 2. The average Bonchev–Trinajstić information content (AvgIpc) is 3.47. The van der Waals surface area contributed by atoms with E-state index in [1.807, 2.05) is 0 Å². The molecule has 2 N–H and O–H groups in total. The van der Waals surface area contributed by atoms with Gasteiger partial charge in [-0.25, -0.2) is 9.37 Å². The Labute approximate surface area is 185 Å². The summed E-state index contributed by atoms with van der Waals surface area (Å²) < 4.78 is 60.4. The maximum Gasteiger partial charge on any atom is 0.417 e. The fraction of sp³-hybridized carbons (Fsp3) is 0.261. The summed E-state index contributed by atoms with van der Waals surface area (Å²) in [6.45, 7) is 1.04. The van der Waals surface area contributed by atoms with Crippen LogP contribution in [0.1, 0.15) is 45.9 Å². The van der Waals surface area contributed by atoms with Gasteiger partial charge in [0.25, 0.3) is 0 Å². The van der Waals surface area contributed by atoms with Crippen LogP contribution in [0.15, 0.2) is 42.7 Å². The van der Waals surface area contributed by atoms with Crippen molar-refractivity contribution in [2.45, 2.75) is 24.9 Å². The number of aromatic nitrogens is 4. The molecule has 6 nitrogen and oxygen atoms in total. The second-order valence-corrected chi connectivity index (χ2v) is 7.89. The van der Waals surface area contributed by atoms with Gasteiger partial charge in [-0.15, -0.1) is 0 Å². The maximum atomic E-state index is 15.1. The van der Waals surface area contributed by atoms with Crippen molar-refractivity contribution >= 4 is 16.8 Å². The molecule has 33 heavy (non-hydrogen) atoms. The third-order valence-electron chi connectivity index (χ3n) is 5.72. The monoisotopic (exact) mass is 458 g/mol. The predicted molar refractivity (Wildman–Crippen MR) is 111 cm³/mol. The van der Waals surface area contributed by atoms with Gasteiger partial charge in [-0.05, 0) is 25.0 Å². The van der Waals surface area contributed by atoms with Crippen molar-refractivity contribution < 1.29 is 27.1 Å². The van der Waals surface area contributed by atoms with E-state index >= 15 is 4.39 Å². The first-order valence-corrected chi connectivity index (χ1v) is 10.3. The summed E-state index contributed by atoms with van der Waals surface area (Å²) in [7, 11) is 0. The van der Waals surface area contributed by atoms with Crippen LogP contribution < -0.4 is 0 Å². The molecule has 1 fully saturated rings. The Hall–Kier alpha value is -3.53. The maximum absolute atomic E-state index is 15.1. The van der Waals surface area contributed by atoms with Crippen molar-refractivity contribution in [2.75, 3.05) is 13.2 Å². The smallest absolute Gasteiger partial charge is 0.381 e. The van der Waals surface area contributed by atoms with Crippen molar-refractivity contribution in [3.8, 4) is 11.5 Å². The Morgan fingerprint density at radius 3 is 2.79 bits per heavy atom. The van der Waals surface area contributed by atoms with Gasteiger partial charge in [0.05, 0.1) is 35.3 Å². The second kappa shape index (κ2) is 8.11. The predicted octanol–water partition coefficient (Wildman–Crippen LogP) is 5.24. The fourth-order valence-electron chi connectivity index (χ4n) is 4.07. The van der Waals surface area contributed by atoms with E-state index in [1.165, 1.54) is 30.6 Å². The summed E-state index contributed by atoms with van der Waals surface area (Å²) in [6.07, 6.45) is -0.263. The molecule has 4 aromatic rings. The Bertz CT molecular complexity index is 1340. The molecular formula is C23H18F4N4O2. The number of ether oxygens (including phenoxy) is 1. The summed E-state index contributed by atoms with van der Waals surface area (Å²) in [5.74, 6) is -1.22. The van der Waals surface area contributed by atoms with Crippen molar-refractivity contribution in [3.63, 3.8) is 0 Å². The molecule has 0 aliphatic carbocycles. The molecule has 1 aliphatic rings. The van der Waals surface area contributed by atoms with Crippen LogP contribution in [0.25, 0.3) is 22.6 Å². The number of imidazole rings is 1. The standard InChI is InChI=1S/C23H18F4N4O2/c24-18-19(12-4-3-7-33-11-12)29-10-17-20(18)31-22(30-17)16-8-13(9-28-16)21(32)14-5-1-2-6-15(14)23(25,26)27/h1-2,5-6,8-10,12,28H,3-4,7,11H2,(H,30,31)/t12-/m0/s1. The van der Waals surface area contributed by atoms with Crippen LogP contribution in [-0.4, -0.2) is 38.9 Å². The highest BCUT2D eigenvalue weighted by molar-refractivity contribution is 6.10. The van der Waals surface area contributed by atoms with Gasteiger partial charge in [-0.2, -0.15) is 13.2 Å². The topological polar surface area (TPSA) is 83.7 Å². The lowest BCUT2D eigenvalue weighted by atomic mass is 9.97. The normalized spacial score (nSPS) is 16.9. The summed E-state index contributed by atoms with van der Waals surface area (Å²) in [5, 5.41) is 0. The van der Waals surface area contributed by atoms with E-state index in [0.29, 0.717) is 30.1 Å². The van der Waals surface area contributed by atoms with Crippen LogP contribution in [0.2, 0.25) is 0 Å². The molecule has 1 aromatic carbocycles. The lowest BCUT2D eigenvalue weighted by Crippen LogP contribution is -2.17. The average molecular weight is 458 g/mol. The van der Waals surface area contributed by atoms with Crippen LogP contribution in [0, 0.1) is 5.82 Å². The second-order valence-electron chi connectivity index (χ2n) is 7.89. The minimum Gasteiger partial charge on any atom is -0.381 e. The first-order chi connectivity index (χ1) is 15.8. The van der Waals surface area contributed by atoms with Gasteiger partial charge in [0.1, 0.15) is 5.52 Å². The number of pyridine rings is 1. The quantitative estimate of drug-likeness (QED) is 0.324. The van der Waals surface area contributed by atoms with E-state index in [4.69, 9.17) is 4.74 Å². The molecule has 1 atom stereocenters. The molecule has 10 heteroatoms. The number of H-pyrrole nitrogens is 2. The van der Waals surface area contributed by atoms with Crippen molar-refractivity contribution in [1.82, 2.24) is 19.9 Å². The summed E-state index contributed by atoms with van der Waals surface area (Å²) >= 11 is 0. The van der Waals surface area contributed by atoms with Crippen LogP contribution in [-0.2, 0) is 10.9 Å². The summed E-state index contributed by atoms with van der Waals surface area (Å²) in [4.78, 5) is 27.1. The minimum atomic E-state index is -4.66. The zero-order chi connectivity index (χ0) is 23.2. The van der Waals surface area contributed by atoms with Crippen molar-refractivity contribution in [3.05, 3.63) is 70.9 Å². The molecule has 1 saturated heterocycles. The number of hydrogen-bond donors (Lipinski definition) is 2. The highest BCUT2D eigenvalue weighted by atomic mass is 19.4. The van der Waals surface area contributed by atoms with E-state index in [0.717, 1.165) is 25.0 Å². The minimum absolute atomic E-state index is 0.0285. The zero-order valence-electron chi connectivity index (χ0n) is 17.2. The molecule has 0 bridgehead atoms. The van der Waals surface area contributed by atoms with Gasteiger partial charge >= 0.3 is 6.18 Å². The molecular weight excluding hydrogens is 440 g/mol. The number of benzene rings is 1. The first-order valence-electron chi connectivity index (χ1n) is 10.3. The molecule has 0 amide bonds. The SMILES string of the molecule is O=C(c1c[nH]c(-c2nc3c(F)c([C@H]4CCCOC4)ncc3[nH]2)c1)c1ccccc1C(F)(F)F. The van der Waals surface area contributed by atoms with Gasteiger partial charge in [0.2, 0.25) is 0 Å². The third-order valence-corrected chi connectivity index (χ3v) is 5.72. The zero-order valence-corrected chi connectivity index (χ0v) is 17.2. The molecule has 0 unspecified atom stereocenters. The van der Waals surface area contributed by atoms with Gasteiger partial charge in [-0.1, -0.05) is 18.2 Å². The number of carbonyl (C=O) groups excluding carboxylic acids is 1. The van der Waals surface area contributed by atoms with Crippen molar-refractivity contribution in [2.24, 2.45) is 0 Å². The number of fused-ring (bicyclic) bond motifs is 1. The van der Waals surface area contributed by atoms with Crippen LogP contribution >= 0.6 is 0 Å². The molecule has 3 aromatic heterocycles. The number of nitrogens with zero attached hydrogens (tertiary/aromatic N) is 2. The molecule has 0 saturated carbocycles. The molecule has 5 rings (SSSR count). The lowest BCUT2D eigenvalue weighted by Gasteiger charge is -2.21. The molecule has 0 spiro atoms. The van der Waals surface area contributed by atoms with E-state index < -0.39 is 28.9 Å². The van der Waals surface area contributed by atoms with Gasteiger partial charge in [0.15, 0.2) is 17.4 Å². The molecule has 4 heterocycles. The Morgan fingerprint density at radius 2 is 2.03 bits per heavy atom. The van der Waals surface area contributed by atoms with Crippen LogP contribution in [0.3, 0.4) is 0 Å². The van der Waals surface area contributed by atoms with Crippen molar-refractivity contribution in [1.29, 1.82) is 0 Å². The number of rotatable bonds is 4. The van der Waals surface area contributed by atoms with E-state index in [1.54, 1.807) is 0 Å². The third kappa shape index (κ3) is 3.91. The highest BCUT2D eigenvalue weighted by Crippen LogP contribution is 2.34. The van der Waals surface area contributed by atoms with Crippen LogP contribution in [0.4, 0.5) is 17.6 Å². The Morgan fingerprint density at radius 1 is 1.21 bits per heavy atom. The van der Waals surface area contributed by atoms with Gasteiger partial charge in [-0.3, -0.25) is 9.78 Å². The fourth-order valence-corrected chi connectivity index (χ4v) is 4.07. The molecule has 170 valence electrons. The first kappa shape index (κ1) is 21.3. The number of nitrogens with one attached hydrogen (secondary N) is 2. The molecule has 0 radical (unpaired) electrons. The van der Waals surface area contributed by atoms with E-state index in [2.05, 4.69) is 19.9 Å². The summed E-state index contributed by atoms with van der Waals surface area (Å²) in [6, 6.07) is 5.99. The highest BCUT2D eigenvalue weighted by Gasteiger charge is 2.35. The van der Waals surface area contributed by atoms with E-state index in [9.17, 15) is 18.0 Å². The Balaban J connectivity index is 1.47. The number of carbonyl (C=O) groups is 1. The Kier molecular flexibility index (Phi) is 5.24.